The molecule has 104 valence electrons. The predicted molar refractivity (Wildman–Crippen MR) is 78.7 cm³/mol. The zero-order chi connectivity index (χ0) is 14.1. The SMILES string of the molecule is Cc1cccc2nc(CCl)n(CCc3nncn3C)c12. The summed E-state index contributed by atoms with van der Waals surface area (Å²) in [5, 5.41) is 8.03. The maximum Gasteiger partial charge on any atom is 0.134 e. The van der Waals surface area contributed by atoms with Gasteiger partial charge in [-0.15, -0.1) is 21.8 Å². The molecule has 3 aromatic rings. The Balaban J connectivity index is 1.99. The van der Waals surface area contributed by atoms with Crippen LogP contribution in [0.4, 0.5) is 0 Å². The number of para-hydroxylation sites is 1. The average molecular weight is 290 g/mol. The molecule has 0 bridgehead atoms. The summed E-state index contributed by atoms with van der Waals surface area (Å²) in [6, 6.07) is 6.15. The van der Waals surface area contributed by atoms with Gasteiger partial charge >= 0.3 is 0 Å². The summed E-state index contributed by atoms with van der Waals surface area (Å²) in [6.45, 7) is 2.90. The summed E-state index contributed by atoms with van der Waals surface area (Å²) in [6.07, 6.45) is 2.52. The van der Waals surface area contributed by atoms with Crippen molar-refractivity contribution in [1.29, 1.82) is 0 Å². The van der Waals surface area contributed by atoms with E-state index in [1.54, 1.807) is 6.33 Å². The molecule has 0 saturated heterocycles. The minimum atomic E-state index is 0.410. The number of aromatic nitrogens is 5. The summed E-state index contributed by atoms with van der Waals surface area (Å²) in [7, 11) is 1.95. The average Bonchev–Trinajstić information content (AvgIpc) is 3.00. The van der Waals surface area contributed by atoms with E-state index in [4.69, 9.17) is 11.6 Å². The number of fused-ring (bicyclic) bond motifs is 1. The topological polar surface area (TPSA) is 48.5 Å². The van der Waals surface area contributed by atoms with Gasteiger partial charge in [0.05, 0.1) is 16.9 Å². The molecule has 0 spiro atoms. The zero-order valence-corrected chi connectivity index (χ0v) is 12.3. The van der Waals surface area contributed by atoms with E-state index in [0.29, 0.717) is 5.88 Å². The first-order chi connectivity index (χ1) is 9.70. The molecule has 3 rings (SSSR count). The smallest absolute Gasteiger partial charge is 0.134 e. The van der Waals surface area contributed by atoms with Gasteiger partial charge in [-0.05, 0) is 18.6 Å². The van der Waals surface area contributed by atoms with Crippen LogP contribution in [0.5, 0.6) is 0 Å². The number of rotatable bonds is 4. The second-order valence-corrected chi connectivity index (χ2v) is 5.13. The van der Waals surface area contributed by atoms with E-state index in [-0.39, 0.29) is 0 Å². The van der Waals surface area contributed by atoms with Crippen molar-refractivity contribution in [2.75, 3.05) is 0 Å². The molecular weight excluding hydrogens is 274 g/mol. The van der Waals surface area contributed by atoms with Crippen LogP contribution in [0.25, 0.3) is 11.0 Å². The summed E-state index contributed by atoms with van der Waals surface area (Å²) < 4.78 is 4.12. The van der Waals surface area contributed by atoms with Crippen molar-refractivity contribution in [3.05, 3.63) is 41.7 Å². The van der Waals surface area contributed by atoms with Crippen LogP contribution in [0.2, 0.25) is 0 Å². The third-order valence-corrected chi connectivity index (χ3v) is 3.77. The van der Waals surface area contributed by atoms with Crippen LogP contribution >= 0.6 is 11.6 Å². The molecule has 2 heterocycles. The molecule has 5 nitrogen and oxygen atoms in total. The van der Waals surface area contributed by atoms with Gasteiger partial charge in [0, 0.05) is 20.0 Å². The molecule has 0 saturated carbocycles. The standard InChI is InChI=1S/C14H16ClN5/c1-10-4-3-5-11-14(10)20(13(8-15)17-11)7-6-12-18-16-9-19(12)2/h3-5,9H,6-8H2,1-2H3. The Hall–Kier alpha value is -1.88. The Morgan fingerprint density at radius 1 is 1.25 bits per heavy atom. The number of hydrogen-bond donors (Lipinski definition) is 0. The maximum atomic E-state index is 6.03. The molecule has 6 heteroatoms. The van der Waals surface area contributed by atoms with Gasteiger partial charge in [-0.2, -0.15) is 0 Å². The fourth-order valence-corrected chi connectivity index (χ4v) is 2.71. The van der Waals surface area contributed by atoms with Gasteiger partial charge in [0.15, 0.2) is 0 Å². The highest BCUT2D eigenvalue weighted by Gasteiger charge is 2.12. The number of imidazole rings is 1. The van der Waals surface area contributed by atoms with Crippen molar-refractivity contribution in [2.24, 2.45) is 7.05 Å². The van der Waals surface area contributed by atoms with Crippen LogP contribution in [0.15, 0.2) is 24.5 Å². The molecule has 1 aromatic carbocycles. The lowest BCUT2D eigenvalue weighted by molar-refractivity contribution is 0.644. The third kappa shape index (κ3) is 2.18. The molecule has 0 fully saturated rings. The fourth-order valence-electron chi connectivity index (χ4n) is 2.50. The van der Waals surface area contributed by atoms with Crippen molar-refractivity contribution in [3.8, 4) is 0 Å². The number of aryl methyl sites for hydroxylation is 4. The van der Waals surface area contributed by atoms with E-state index in [2.05, 4.69) is 32.7 Å². The lowest BCUT2D eigenvalue weighted by Gasteiger charge is -2.08. The van der Waals surface area contributed by atoms with Crippen molar-refractivity contribution in [3.63, 3.8) is 0 Å². The van der Waals surface area contributed by atoms with E-state index in [9.17, 15) is 0 Å². The summed E-state index contributed by atoms with van der Waals surface area (Å²) in [4.78, 5) is 4.60. The van der Waals surface area contributed by atoms with Gasteiger partial charge in [0.1, 0.15) is 18.0 Å². The van der Waals surface area contributed by atoms with Crippen molar-refractivity contribution in [2.45, 2.75) is 25.8 Å². The van der Waals surface area contributed by atoms with Gasteiger partial charge in [-0.3, -0.25) is 0 Å². The van der Waals surface area contributed by atoms with Gasteiger partial charge < -0.3 is 9.13 Å². The maximum absolute atomic E-state index is 6.03. The van der Waals surface area contributed by atoms with Gasteiger partial charge in [0.25, 0.3) is 0 Å². The summed E-state index contributed by atoms with van der Waals surface area (Å²) >= 11 is 6.03. The van der Waals surface area contributed by atoms with Gasteiger partial charge in [-0.1, -0.05) is 12.1 Å². The van der Waals surface area contributed by atoms with E-state index >= 15 is 0 Å². The number of alkyl halides is 1. The number of nitrogens with zero attached hydrogens (tertiary/aromatic N) is 5. The van der Waals surface area contributed by atoms with E-state index < -0.39 is 0 Å². The minimum Gasteiger partial charge on any atom is -0.326 e. The first-order valence-corrected chi connectivity index (χ1v) is 7.07. The lowest BCUT2D eigenvalue weighted by atomic mass is 10.2. The Labute approximate surface area is 122 Å². The van der Waals surface area contributed by atoms with Crippen LogP contribution in [-0.2, 0) is 25.9 Å². The molecule has 0 radical (unpaired) electrons. The molecule has 20 heavy (non-hydrogen) atoms. The zero-order valence-electron chi connectivity index (χ0n) is 11.5. The molecule has 0 aliphatic carbocycles. The monoisotopic (exact) mass is 289 g/mol. The molecule has 0 N–H and O–H groups in total. The van der Waals surface area contributed by atoms with E-state index in [1.165, 1.54) is 5.56 Å². The molecule has 0 amide bonds. The van der Waals surface area contributed by atoms with Crippen molar-refractivity contribution >= 4 is 22.6 Å². The van der Waals surface area contributed by atoms with Crippen LogP contribution in [0.1, 0.15) is 17.2 Å². The first kappa shape index (κ1) is 13.1. The second kappa shape index (κ2) is 5.25. The first-order valence-electron chi connectivity index (χ1n) is 6.54. The lowest BCUT2D eigenvalue weighted by Crippen LogP contribution is -2.08. The Kier molecular flexibility index (Phi) is 3.44. The highest BCUT2D eigenvalue weighted by molar-refractivity contribution is 6.16. The van der Waals surface area contributed by atoms with Crippen LogP contribution in [-0.4, -0.2) is 24.3 Å². The highest BCUT2D eigenvalue weighted by Crippen LogP contribution is 2.21. The molecule has 0 aliphatic rings. The molecule has 0 aliphatic heterocycles. The van der Waals surface area contributed by atoms with Gasteiger partial charge in [0.2, 0.25) is 0 Å². The summed E-state index contributed by atoms with van der Waals surface area (Å²) in [5.74, 6) is 2.27. The normalized spacial score (nSPS) is 11.3. The molecule has 0 unspecified atom stereocenters. The van der Waals surface area contributed by atoms with Crippen LogP contribution in [0, 0.1) is 6.92 Å². The fraction of sp³-hybridized carbons (Fsp3) is 0.357. The predicted octanol–water partition coefficient (Wildman–Crippen LogP) is 2.45. The largest absolute Gasteiger partial charge is 0.326 e. The van der Waals surface area contributed by atoms with Crippen LogP contribution in [0.3, 0.4) is 0 Å². The molecular formula is C14H16ClN5. The van der Waals surface area contributed by atoms with Crippen LogP contribution < -0.4 is 0 Å². The van der Waals surface area contributed by atoms with E-state index in [1.807, 2.05) is 23.7 Å². The highest BCUT2D eigenvalue weighted by atomic mass is 35.5. The van der Waals surface area contributed by atoms with Crippen molar-refractivity contribution in [1.82, 2.24) is 24.3 Å². The Bertz CT molecular complexity index is 743. The summed E-state index contributed by atoms with van der Waals surface area (Å²) in [5.41, 5.74) is 3.37. The number of hydrogen-bond acceptors (Lipinski definition) is 3. The Morgan fingerprint density at radius 2 is 2.10 bits per heavy atom. The van der Waals surface area contributed by atoms with E-state index in [0.717, 1.165) is 35.6 Å². The number of halogens is 1. The second-order valence-electron chi connectivity index (χ2n) is 4.86. The minimum absolute atomic E-state index is 0.410. The Morgan fingerprint density at radius 3 is 2.80 bits per heavy atom. The van der Waals surface area contributed by atoms with Gasteiger partial charge in [-0.25, -0.2) is 4.98 Å². The quantitative estimate of drug-likeness (QED) is 0.693. The molecule has 0 atom stereocenters. The van der Waals surface area contributed by atoms with Crippen molar-refractivity contribution < 1.29 is 0 Å². The molecule has 2 aromatic heterocycles. The third-order valence-electron chi connectivity index (χ3n) is 3.53. The number of benzene rings is 1.